The van der Waals surface area contributed by atoms with Crippen LogP contribution in [0.1, 0.15) is 6.92 Å². The van der Waals surface area contributed by atoms with Gasteiger partial charge < -0.3 is 10.1 Å². The van der Waals surface area contributed by atoms with Crippen LogP contribution in [0.25, 0.3) is 5.69 Å². The van der Waals surface area contributed by atoms with Crippen LogP contribution < -0.4 is 15.6 Å². The molecule has 0 fully saturated rings. The Hall–Kier alpha value is -3.62. The van der Waals surface area contributed by atoms with Crippen LogP contribution in [0.15, 0.2) is 59.4 Å². The van der Waals surface area contributed by atoms with E-state index in [1.807, 2.05) is 0 Å². The SMILES string of the molecule is CC(Oc1ccc(=O)n(-c2ccc(F)cc2)n1)C(=O)Nc1ccc(F)c(F)c1. The summed E-state index contributed by atoms with van der Waals surface area (Å²) < 4.78 is 45.6. The molecule has 0 bridgehead atoms. The van der Waals surface area contributed by atoms with E-state index in [1.165, 1.54) is 49.4 Å². The van der Waals surface area contributed by atoms with Crippen molar-refractivity contribution in [2.75, 3.05) is 5.32 Å². The number of hydrogen-bond donors (Lipinski definition) is 1. The summed E-state index contributed by atoms with van der Waals surface area (Å²) in [6.07, 6.45) is -1.06. The zero-order valence-electron chi connectivity index (χ0n) is 14.5. The molecule has 2 aromatic carbocycles. The van der Waals surface area contributed by atoms with E-state index in [9.17, 15) is 22.8 Å². The largest absolute Gasteiger partial charge is 0.463 e. The number of nitrogens with zero attached hydrogens (tertiary/aromatic N) is 2. The van der Waals surface area contributed by atoms with Crippen LogP contribution in [0.5, 0.6) is 5.88 Å². The fraction of sp³-hybridized carbons (Fsp3) is 0.105. The van der Waals surface area contributed by atoms with Crippen LogP contribution in [0.3, 0.4) is 0 Å². The third-order valence-electron chi connectivity index (χ3n) is 3.70. The third-order valence-corrected chi connectivity index (χ3v) is 3.70. The van der Waals surface area contributed by atoms with Crippen molar-refractivity contribution in [3.8, 4) is 11.6 Å². The normalized spacial score (nSPS) is 11.7. The van der Waals surface area contributed by atoms with E-state index < -0.39 is 35.0 Å². The van der Waals surface area contributed by atoms with E-state index in [4.69, 9.17) is 4.74 Å². The Morgan fingerprint density at radius 2 is 1.75 bits per heavy atom. The third kappa shape index (κ3) is 4.37. The van der Waals surface area contributed by atoms with Crippen molar-refractivity contribution < 1.29 is 22.7 Å². The molecule has 6 nitrogen and oxygen atoms in total. The highest BCUT2D eigenvalue weighted by atomic mass is 19.2. The first-order valence-electron chi connectivity index (χ1n) is 8.12. The lowest BCUT2D eigenvalue weighted by molar-refractivity contribution is -0.122. The highest BCUT2D eigenvalue weighted by molar-refractivity contribution is 5.94. The monoisotopic (exact) mass is 389 g/mol. The van der Waals surface area contributed by atoms with Crippen LogP contribution in [-0.2, 0) is 4.79 Å². The Morgan fingerprint density at radius 3 is 2.43 bits per heavy atom. The predicted molar refractivity (Wildman–Crippen MR) is 94.9 cm³/mol. The van der Waals surface area contributed by atoms with Gasteiger partial charge in [-0.2, -0.15) is 4.68 Å². The van der Waals surface area contributed by atoms with E-state index >= 15 is 0 Å². The zero-order valence-corrected chi connectivity index (χ0v) is 14.5. The van der Waals surface area contributed by atoms with Gasteiger partial charge in [-0.3, -0.25) is 9.59 Å². The summed E-state index contributed by atoms with van der Waals surface area (Å²) in [6, 6.07) is 10.5. The molecule has 0 saturated heterocycles. The Balaban J connectivity index is 1.74. The minimum absolute atomic E-state index is 0.0307. The van der Waals surface area contributed by atoms with Crippen molar-refractivity contribution in [3.63, 3.8) is 0 Å². The number of hydrogen-bond acceptors (Lipinski definition) is 4. The molecule has 3 aromatic rings. The van der Waals surface area contributed by atoms with E-state index in [2.05, 4.69) is 10.4 Å². The first-order valence-corrected chi connectivity index (χ1v) is 8.12. The Kier molecular flexibility index (Phi) is 5.44. The Bertz CT molecular complexity index is 1070. The summed E-state index contributed by atoms with van der Waals surface area (Å²) >= 11 is 0. The standard InChI is InChI=1S/C19H14F3N3O3/c1-11(19(27)23-13-4-7-15(21)16(22)10-13)28-17-8-9-18(26)25(24-17)14-5-2-12(20)3-6-14/h2-11H,1H3,(H,23,27). The van der Waals surface area contributed by atoms with Gasteiger partial charge in [0, 0.05) is 23.9 Å². The van der Waals surface area contributed by atoms with Gasteiger partial charge in [-0.15, -0.1) is 5.10 Å². The van der Waals surface area contributed by atoms with E-state index in [-0.39, 0.29) is 11.6 Å². The number of amides is 1. The molecule has 0 aliphatic rings. The van der Waals surface area contributed by atoms with Crippen LogP contribution in [0, 0.1) is 17.5 Å². The van der Waals surface area contributed by atoms with Crippen molar-refractivity contribution in [2.24, 2.45) is 0 Å². The number of carbonyl (C=O) groups is 1. The molecule has 0 spiro atoms. The molecule has 1 N–H and O–H groups in total. The molecule has 144 valence electrons. The molecule has 1 heterocycles. The maximum atomic E-state index is 13.2. The van der Waals surface area contributed by atoms with Gasteiger partial charge in [0.05, 0.1) is 5.69 Å². The topological polar surface area (TPSA) is 73.2 Å². The van der Waals surface area contributed by atoms with Crippen LogP contribution >= 0.6 is 0 Å². The average Bonchev–Trinajstić information content (AvgIpc) is 2.67. The number of benzene rings is 2. The van der Waals surface area contributed by atoms with Gasteiger partial charge in [-0.05, 0) is 43.3 Å². The van der Waals surface area contributed by atoms with Crippen LogP contribution in [0.4, 0.5) is 18.9 Å². The van der Waals surface area contributed by atoms with Crippen molar-refractivity contribution >= 4 is 11.6 Å². The van der Waals surface area contributed by atoms with Crippen molar-refractivity contribution in [1.29, 1.82) is 0 Å². The maximum absolute atomic E-state index is 13.2. The van der Waals surface area contributed by atoms with Gasteiger partial charge in [0.25, 0.3) is 11.5 Å². The number of aromatic nitrogens is 2. The Labute approximate surface area is 157 Å². The molecular formula is C19H14F3N3O3. The lowest BCUT2D eigenvalue weighted by atomic mass is 10.3. The first-order chi connectivity index (χ1) is 13.3. The number of rotatable bonds is 5. The van der Waals surface area contributed by atoms with E-state index in [0.717, 1.165) is 16.8 Å². The number of anilines is 1. The van der Waals surface area contributed by atoms with Gasteiger partial charge in [0.2, 0.25) is 5.88 Å². The molecule has 0 radical (unpaired) electrons. The summed E-state index contributed by atoms with van der Waals surface area (Å²) in [4.78, 5) is 24.2. The zero-order chi connectivity index (χ0) is 20.3. The fourth-order valence-electron chi connectivity index (χ4n) is 2.28. The molecule has 1 aromatic heterocycles. The van der Waals surface area contributed by atoms with Crippen LogP contribution in [0.2, 0.25) is 0 Å². The van der Waals surface area contributed by atoms with Gasteiger partial charge in [-0.25, -0.2) is 13.2 Å². The Morgan fingerprint density at radius 1 is 1.04 bits per heavy atom. The number of ether oxygens (including phenoxy) is 1. The smallest absolute Gasteiger partial charge is 0.271 e. The summed E-state index contributed by atoms with van der Waals surface area (Å²) in [7, 11) is 0. The molecule has 0 saturated carbocycles. The second-order valence-corrected chi connectivity index (χ2v) is 5.78. The second kappa shape index (κ2) is 7.95. The lowest BCUT2D eigenvalue weighted by Gasteiger charge is -2.15. The van der Waals surface area contributed by atoms with Gasteiger partial charge >= 0.3 is 0 Å². The molecule has 0 aliphatic heterocycles. The minimum Gasteiger partial charge on any atom is -0.463 e. The average molecular weight is 389 g/mol. The van der Waals surface area contributed by atoms with Gasteiger partial charge in [-0.1, -0.05) is 0 Å². The van der Waals surface area contributed by atoms with Crippen molar-refractivity contribution in [3.05, 3.63) is 82.4 Å². The molecule has 0 aliphatic carbocycles. The number of nitrogens with one attached hydrogen (secondary N) is 1. The summed E-state index contributed by atoms with van der Waals surface area (Å²) in [6.45, 7) is 1.42. The van der Waals surface area contributed by atoms with E-state index in [1.54, 1.807) is 0 Å². The number of carbonyl (C=O) groups excluding carboxylic acids is 1. The molecule has 3 rings (SSSR count). The summed E-state index contributed by atoms with van der Waals surface area (Å²) in [5.41, 5.74) is -0.0998. The maximum Gasteiger partial charge on any atom is 0.271 e. The van der Waals surface area contributed by atoms with E-state index in [0.29, 0.717) is 5.69 Å². The van der Waals surface area contributed by atoms with Gasteiger partial charge in [0.15, 0.2) is 17.7 Å². The highest BCUT2D eigenvalue weighted by Gasteiger charge is 2.17. The highest BCUT2D eigenvalue weighted by Crippen LogP contribution is 2.15. The van der Waals surface area contributed by atoms with Crippen molar-refractivity contribution in [1.82, 2.24) is 9.78 Å². The summed E-state index contributed by atoms with van der Waals surface area (Å²) in [5, 5.41) is 6.38. The quantitative estimate of drug-likeness (QED) is 0.728. The first kappa shape index (κ1) is 19.2. The molecule has 9 heteroatoms. The lowest BCUT2D eigenvalue weighted by Crippen LogP contribution is -2.31. The van der Waals surface area contributed by atoms with Gasteiger partial charge in [0.1, 0.15) is 5.82 Å². The second-order valence-electron chi connectivity index (χ2n) is 5.78. The predicted octanol–water partition coefficient (Wildman–Crippen LogP) is 3.06. The number of halogens is 3. The summed E-state index contributed by atoms with van der Waals surface area (Å²) in [5.74, 6) is -3.26. The van der Waals surface area contributed by atoms with Crippen molar-refractivity contribution in [2.45, 2.75) is 13.0 Å². The molecule has 1 unspecified atom stereocenters. The minimum atomic E-state index is -1.10. The van der Waals surface area contributed by atoms with Crippen LogP contribution in [-0.4, -0.2) is 21.8 Å². The molecule has 28 heavy (non-hydrogen) atoms. The fourth-order valence-corrected chi connectivity index (χ4v) is 2.28. The molecule has 1 atom stereocenters. The molecule has 1 amide bonds. The molecular weight excluding hydrogens is 375 g/mol.